The summed E-state index contributed by atoms with van der Waals surface area (Å²) in [6.45, 7) is 2.55. The number of carbonyl (C=O) groups is 1. The van der Waals surface area contributed by atoms with Gasteiger partial charge in [0.1, 0.15) is 4.32 Å². The Hall–Kier alpha value is -0.790. The molecule has 0 unspecified atom stereocenters. The first-order chi connectivity index (χ1) is 11.1. The number of benzene rings is 1. The standard InChI is InChI=1S/C16H12ClNOS4/c1-2-18-15(19)13(23-16(18)20)9-12-7-8-14(22-12)21-11-5-3-10(17)4-6-11/h3-9H,2H2,1H3. The second-order valence-electron chi connectivity index (χ2n) is 4.64. The van der Waals surface area contributed by atoms with Crippen LogP contribution < -0.4 is 0 Å². The lowest BCUT2D eigenvalue weighted by atomic mass is 10.4. The van der Waals surface area contributed by atoms with Crippen LogP contribution in [0.5, 0.6) is 0 Å². The molecular formula is C16H12ClNOS4. The first-order valence-electron chi connectivity index (χ1n) is 6.85. The summed E-state index contributed by atoms with van der Waals surface area (Å²) in [6, 6.07) is 11.9. The van der Waals surface area contributed by atoms with Gasteiger partial charge in [-0.15, -0.1) is 11.3 Å². The van der Waals surface area contributed by atoms with Crippen molar-refractivity contribution in [3.05, 3.63) is 51.2 Å². The number of rotatable bonds is 4. The summed E-state index contributed by atoms with van der Waals surface area (Å²) < 4.78 is 1.81. The first kappa shape index (κ1) is 17.0. The third-order valence-corrected chi connectivity index (χ3v) is 6.90. The van der Waals surface area contributed by atoms with Gasteiger partial charge in [-0.2, -0.15) is 0 Å². The molecule has 7 heteroatoms. The molecule has 1 aliphatic heterocycles. The van der Waals surface area contributed by atoms with E-state index in [2.05, 4.69) is 6.07 Å². The topological polar surface area (TPSA) is 20.3 Å². The van der Waals surface area contributed by atoms with E-state index in [-0.39, 0.29) is 5.91 Å². The third-order valence-electron chi connectivity index (χ3n) is 3.10. The molecule has 0 N–H and O–H groups in total. The summed E-state index contributed by atoms with van der Waals surface area (Å²) >= 11 is 15.8. The molecule has 0 aliphatic carbocycles. The van der Waals surface area contributed by atoms with Gasteiger partial charge in [0, 0.05) is 21.3 Å². The lowest BCUT2D eigenvalue weighted by Gasteiger charge is -2.09. The molecule has 1 amide bonds. The van der Waals surface area contributed by atoms with E-state index in [9.17, 15) is 4.79 Å². The molecule has 1 aromatic carbocycles. The molecule has 1 fully saturated rings. The molecule has 1 saturated heterocycles. The average molecular weight is 398 g/mol. The summed E-state index contributed by atoms with van der Waals surface area (Å²) in [4.78, 5) is 16.7. The van der Waals surface area contributed by atoms with Crippen LogP contribution in [-0.2, 0) is 4.79 Å². The van der Waals surface area contributed by atoms with Crippen LogP contribution in [0.4, 0.5) is 0 Å². The van der Waals surface area contributed by atoms with Crippen LogP contribution in [0.25, 0.3) is 6.08 Å². The van der Waals surface area contributed by atoms with E-state index in [0.717, 1.165) is 14.8 Å². The second-order valence-corrected chi connectivity index (χ2v) is 9.24. The summed E-state index contributed by atoms with van der Waals surface area (Å²) in [5.74, 6) is 0.00260. The lowest BCUT2D eigenvalue weighted by Crippen LogP contribution is -2.27. The van der Waals surface area contributed by atoms with Gasteiger partial charge < -0.3 is 0 Å². The van der Waals surface area contributed by atoms with Crippen molar-refractivity contribution in [2.75, 3.05) is 6.54 Å². The van der Waals surface area contributed by atoms with E-state index < -0.39 is 0 Å². The van der Waals surface area contributed by atoms with E-state index in [1.165, 1.54) is 16.0 Å². The Morgan fingerprint density at radius 3 is 2.65 bits per heavy atom. The van der Waals surface area contributed by atoms with Gasteiger partial charge in [0.15, 0.2) is 0 Å². The number of thiophene rings is 1. The molecule has 2 heterocycles. The third kappa shape index (κ3) is 4.00. The fraction of sp³-hybridized carbons (Fsp3) is 0.125. The molecule has 1 aliphatic rings. The summed E-state index contributed by atoms with van der Waals surface area (Å²) in [6.07, 6.45) is 1.92. The molecule has 3 rings (SSSR count). The highest BCUT2D eigenvalue weighted by molar-refractivity contribution is 8.26. The number of amides is 1. The zero-order chi connectivity index (χ0) is 16.4. The van der Waals surface area contributed by atoms with Crippen LogP contribution in [0.15, 0.2) is 50.4 Å². The van der Waals surface area contributed by atoms with Crippen molar-refractivity contribution in [1.82, 2.24) is 4.90 Å². The molecule has 2 nitrogen and oxygen atoms in total. The fourth-order valence-electron chi connectivity index (χ4n) is 1.99. The zero-order valence-corrected chi connectivity index (χ0v) is 16.1. The summed E-state index contributed by atoms with van der Waals surface area (Å²) in [7, 11) is 0. The Kier molecular flexibility index (Phi) is 5.49. The summed E-state index contributed by atoms with van der Waals surface area (Å²) in [5, 5.41) is 0.735. The minimum absolute atomic E-state index is 0.00260. The van der Waals surface area contributed by atoms with E-state index in [1.807, 2.05) is 43.3 Å². The average Bonchev–Trinajstić information content (AvgIpc) is 3.07. The molecule has 118 valence electrons. The Morgan fingerprint density at radius 2 is 2.00 bits per heavy atom. The highest BCUT2D eigenvalue weighted by Gasteiger charge is 2.30. The highest BCUT2D eigenvalue weighted by Crippen LogP contribution is 2.37. The Balaban J connectivity index is 1.75. The van der Waals surface area contributed by atoms with Crippen LogP contribution in [-0.4, -0.2) is 21.7 Å². The van der Waals surface area contributed by atoms with Crippen molar-refractivity contribution in [2.45, 2.75) is 16.0 Å². The van der Waals surface area contributed by atoms with Crippen LogP contribution >= 0.6 is 58.7 Å². The smallest absolute Gasteiger partial charge is 0.266 e. The van der Waals surface area contributed by atoms with Crippen LogP contribution in [0.3, 0.4) is 0 Å². The molecule has 0 atom stereocenters. The van der Waals surface area contributed by atoms with Crippen molar-refractivity contribution in [3.63, 3.8) is 0 Å². The molecule has 0 spiro atoms. The normalized spacial score (nSPS) is 16.6. The van der Waals surface area contributed by atoms with Gasteiger partial charge in [0.2, 0.25) is 0 Å². The molecule has 0 radical (unpaired) electrons. The van der Waals surface area contributed by atoms with Crippen molar-refractivity contribution in [2.24, 2.45) is 0 Å². The highest BCUT2D eigenvalue weighted by atomic mass is 35.5. The van der Waals surface area contributed by atoms with Crippen molar-refractivity contribution < 1.29 is 4.79 Å². The number of likely N-dealkylation sites (N-methyl/N-ethyl adjacent to an activating group) is 1. The second kappa shape index (κ2) is 7.40. The largest absolute Gasteiger partial charge is 0.293 e. The van der Waals surface area contributed by atoms with Gasteiger partial charge in [-0.1, -0.05) is 47.3 Å². The lowest BCUT2D eigenvalue weighted by molar-refractivity contribution is -0.121. The van der Waals surface area contributed by atoms with Gasteiger partial charge in [0.25, 0.3) is 5.91 Å². The maximum Gasteiger partial charge on any atom is 0.266 e. The SMILES string of the molecule is CCN1C(=O)C(=Cc2ccc(Sc3ccc(Cl)cc3)s2)SC1=S. The molecule has 0 saturated carbocycles. The first-order valence-corrected chi connectivity index (χ1v) is 10.1. The molecule has 23 heavy (non-hydrogen) atoms. The number of nitrogens with zero attached hydrogens (tertiary/aromatic N) is 1. The molecular weight excluding hydrogens is 386 g/mol. The zero-order valence-electron chi connectivity index (χ0n) is 12.1. The monoisotopic (exact) mass is 397 g/mol. The van der Waals surface area contributed by atoms with E-state index in [0.29, 0.717) is 15.8 Å². The van der Waals surface area contributed by atoms with Crippen LogP contribution in [0.2, 0.25) is 5.02 Å². The van der Waals surface area contributed by atoms with E-state index in [1.54, 1.807) is 28.0 Å². The summed E-state index contributed by atoms with van der Waals surface area (Å²) in [5.41, 5.74) is 0. The van der Waals surface area contributed by atoms with Gasteiger partial charge in [-0.05, 0) is 49.4 Å². The Labute approximate surface area is 157 Å². The minimum Gasteiger partial charge on any atom is -0.293 e. The number of halogens is 1. The molecule has 2 aromatic rings. The quantitative estimate of drug-likeness (QED) is 0.481. The maximum absolute atomic E-state index is 12.2. The van der Waals surface area contributed by atoms with Crippen molar-refractivity contribution in [3.8, 4) is 0 Å². The van der Waals surface area contributed by atoms with Crippen LogP contribution in [0, 0.1) is 0 Å². The number of hydrogen-bond donors (Lipinski definition) is 0. The van der Waals surface area contributed by atoms with Crippen LogP contribution in [0.1, 0.15) is 11.8 Å². The van der Waals surface area contributed by atoms with Gasteiger partial charge in [-0.3, -0.25) is 9.69 Å². The van der Waals surface area contributed by atoms with Crippen molar-refractivity contribution in [1.29, 1.82) is 0 Å². The minimum atomic E-state index is 0.00260. The number of hydrogen-bond acceptors (Lipinski definition) is 5. The Morgan fingerprint density at radius 1 is 1.26 bits per heavy atom. The van der Waals surface area contributed by atoms with E-state index in [4.69, 9.17) is 23.8 Å². The number of thiocarbonyl (C=S) groups is 1. The number of thioether (sulfide) groups is 1. The van der Waals surface area contributed by atoms with Gasteiger partial charge in [0.05, 0.1) is 9.11 Å². The predicted octanol–water partition coefficient (Wildman–Crippen LogP) is 5.77. The number of carbonyl (C=O) groups excluding carboxylic acids is 1. The predicted molar refractivity (Wildman–Crippen MR) is 105 cm³/mol. The molecule has 0 bridgehead atoms. The van der Waals surface area contributed by atoms with Gasteiger partial charge >= 0.3 is 0 Å². The molecule has 1 aromatic heterocycles. The van der Waals surface area contributed by atoms with Gasteiger partial charge in [-0.25, -0.2) is 0 Å². The van der Waals surface area contributed by atoms with E-state index >= 15 is 0 Å². The fourth-order valence-corrected chi connectivity index (χ4v) is 5.63. The maximum atomic E-state index is 12.2. The Bertz CT molecular complexity index is 782. The van der Waals surface area contributed by atoms with Crippen molar-refractivity contribution >= 4 is 75.0 Å².